The largest absolute Gasteiger partial charge is 0.495 e. The zero-order chi connectivity index (χ0) is 50.6. The van der Waals surface area contributed by atoms with Crippen LogP contribution in [0.1, 0.15) is 58.5 Å². The van der Waals surface area contributed by atoms with Gasteiger partial charge in [0.25, 0.3) is 0 Å². The van der Waals surface area contributed by atoms with Crippen LogP contribution in [-0.4, -0.2) is 83.1 Å². The van der Waals surface area contributed by atoms with E-state index in [1.165, 1.54) is 39.4 Å². The van der Waals surface area contributed by atoms with Gasteiger partial charge in [0.05, 0.1) is 31.7 Å². The highest BCUT2D eigenvalue weighted by Crippen LogP contribution is 2.34. The van der Waals surface area contributed by atoms with Gasteiger partial charge in [0.15, 0.2) is 34.3 Å². The van der Waals surface area contributed by atoms with E-state index in [0.717, 1.165) is 27.5 Å². The van der Waals surface area contributed by atoms with Gasteiger partial charge >= 0.3 is 11.9 Å². The molecule has 20 heteroatoms. The fourth-order valence-corrected chi connectivity index (χ4v) is 7.01. The van der Waals surface area contributed by atoms with Crippen molar-refractivity contribution >= 4 is 58.0 Å². The Hall–Kier alpha value is -9.56. The summed E-state index contributed by atoms with van der Waals surface area (Å²) in [5, 5.41) is 19.5. The number of aryl methyl sites for hydroxylation is 1. The van der Waals surface area contributed by atoms with Crippen molar-refractivity contribution in [2.75, 3.05) is 31.0 Å². The van der Waals surface area contributed by atoms with Crippen LogP contribution in [-0.2, 0) is 23.9 Å². The van der Waals surface area contributed by atoms with E-state index in [2.05, 4.69) is 41.8 Å². The minimum atomic E-state index is -0.562. The van der Waals surface area contributed by atoms with E-state index >= 15 is 0 Å². The average Bonchev–Trinajstić information content (AvgIpc) is 3.88. The predicted molar refractivity (Wildman–Crippen MR) is 258 cm³/mol. The lowest BCUT2D eigenvalue weighted by atomic mass is 10.2. The van der Waals surface area contributed by atoms with Crippen LogP contribution >= 0.6 is 0 Å². The molecule has 0 aliphatic rings. The molecule has 4 aromatic heterocycles. The number of nitrogen functional groups attached to an aromatic ring is 1. The second-order valence-corrected chi connectivity index (χ2v) is 14.7. The van der Waals surface area contributed by atoms with Crippen molar-refractivity contribution in [2.24, 2.45) is 0 Å². The maximum atomic E-state index is 12.4. The first-order chi connectivity index (χ1) is 33.6. The molecule has 70 heavy (non-hydrogen) atoms. The normalized spacial score (nSPS) is 10.4. The summed E-state index contributed by atoms with van der Waals surface area (Å²) in [6.07, 6.45) is 0. The molecule has 4 aromatic carbocycles. The number of aromatic nitrogens is 8. The van der Waals surface area contributed by atoms with Crippen LogP contribution in [0.3, 0.4) is 0 Å². The molecule has 0 spiro atoms. The van der Waals surface area contributed by atoms with E-state index in [0.29, 0.717) is 53.0 Å². The number of hydrogen-bond acceptors (Lipinski definition) is 17. The highest BCUT2D eigenvalue weighted by atomic mass is 16.6. The summed E-state index contributed by atoms with van der Waals surface area (Å²) in [5.41, 5.74) is 11.4. The van der Waals surface area contributed by atoms with E-state index in [9.17, 15) is 29.7 Å². The Bertz CT molecular complexity index is 3310. The van der Waals surface area contributed by atoms with Crippen LogP contribution in [0, 0.1) is 29.6 Å². The average molecular weight is 943 g/mol. The summed E-state index contributed by atoms with van der Waals surface area (Å²) in [5.74, 6) is 0.667. The first kappa shape index (κ1) is 49.9. The number of carbonyl (C=O) groups is 4. The van der Waals surface area contributed by atoms with Gasteiger partial charge in [0.1, 0.15) is 40.4 Å². The van der Waals surface area contributed by atoms with E-state index in [1.54, 1.807) is 53.1 Å². The molecule has 8 aromatic rings. The van der Waals surface area contributed by atoms with Crippen molar-refractivity contribution in [1.29, 1.82) is 10.5 Å². The third-order valence-electron chi connectivity index (χ3n) is 9.88. The van der Waals surface area contributed by atoms with Gasteiger partial charge < -0.3 is 24.7 Å². The lowest BCUT2D eigenvalue weighted by molar-refractivity contribution is -0.156. The second kappa shape index (κ2) is 22.3. The lowest BCUT2D eigenvalue weighted by Crippen LogP contribution is -2.35. The van der Waals surface area contributed by atoms with Crippen molar-refractivity contribution in [1.82, 2.24) is 39.0 Å². The fourth-order valence-electron chi connectivity index (χ4n) is 7.01. The number of carbonyl (C=O) groups excluding carboxylic acids is 4. The van der Waals surface area contributed by atoms with Gasteiger partial charge in [-0.25, -0.2) is 34.8 Å². The third-order valence-corrected chi connectivity index (χ3v) is 9.88. The number of anilines is 2. The molecule has 8 rings (SSSR count). The molecule has 20 nitrogen and oxygen atoms in total. The Kier molecular flexibility index (Phi) is 15.9. The summed E-state index contributed by atoms with van der Waals surface area (Å²) >= 11 is 0. The molecule has 2 amide bonds. The number of benzene rings is 4. The Morgan fingerprint density at radius 2 is 1.07 bits per heavy atom. The Balaban J connectivity index is 0.000000206. The molecule has 0 saturated heterocycles. The van der Waals surface area contributed by atoms with E-state index in [-0.39, 0.29) is 40.3 Å². The zero-order valence-electron chi connectivity index (χ0n) is 39.4. The van der Waals surface area contributed by atoms with Crippen molar-refractivity contribution in [2.45, 2.75) is 48.5 Å². The number of nitrogens with zero attached hydrogens (tertiary/aromatic N) is 11. The predicted octanol–water partition coefficient (Wildman–Crippen LogP) is 7.40. The second-order valence-electron chi connectivity index (χ2n) is 14.7. The van der Waals surface area contributed by atoms with E-state index in [4.69, 9.17) is 24.9 Å². The minimum Gasteiger partial charge on any atom is -0.495 e. The molecule has 0 saturated carbocycles. The number of nitriles is 2. The summed E-state index contributed by atoms with van der Waals surface area (Å²) in [6, 6.07) is 33.6. The van der Waals surface area contributed by atoms with Gasteiger partial charge in [-0.1, -0.05) is 30.3 Å². The summed E-state index contributed by atoms with van der Waals surface area (Å²) in [6.45, 7) is 11.8. The highest BCUT2D eigenvalue weighted by Gasteiger charge is 2.29. The molecule has 0 aliphatic carbocycles. The number of para-hydroxylation sites is 3. The Labute approximate surface area is 401 Å². The first-order valence-electron chi connectivity index (χ1n) is 21.5. The quantitative estimate of drug-likeness (QED) is 0.103. The van der Waals surface area contributed by atoms with Gasteiger partial charge in [0.2, 0.25) is 23.7 Å². The van der Waals surface area contributed by atoms with Crippen LogP contribution in [0.4, 0.5) is 11.9 Å². The third kappa shape index (κ3) is 11.0. The maximum absolute atomic E-state index is 12.4. The molecule has 0 radical (unpaired) electrons. The number of imidazole rings is 2. The zero-order valence-corrected chi connectivity index (χ0v) is 39.4. The smallest absolute Gasteiger partial charge is 0.310 e. The van der Waals surface area contributed by atoms with Crippen LogP contribution in [0.2, 0.25) is 0 Å². The molecule has 4 heterocycles. The number of nitrogens with two attached hydrogens (primary N) is 1. The standard InChI is InChI=1S/C25H22N6O4.C21H18N6O.C4H6O3/c1-5-35-18-12-10-17(11-13-18)23-27-19(14-26)22-24(29-23)31(20-8-6-7-9-21(20)34-4)25(28-22)30(15(2)32)16(3)33;1-3-28-15-10-8-14(9-11-15)19-24-16(12-22)18-20(26-19)27(21(23)25-18)17-7-5-4-6-13(17)2;1-3(5)7-4(2)6/h6-13H,5H2,1-4H3;4-11H,3H2,1-2H3,(H2,23,25);1-2H3. The van der Waals surface area contributed by atoms with Crippen LogP contribution < -0.4 is 24.8 Å². The molecular formula is C50H46N12O8. The number of fused-ring (bicyclic) bond motifs is 2. The van der Waals surface area contributed by atoms with Gasteiger partial charge in [-0.2, -0.15) is 10.5 Å². The molecule has 0 fully saturated rings. The molecular weight excluding hydrogens is 897 g/mol. The van der Waals surface area contributed by atoms with Gasteiger partial charge in [-0.3, -0.25) is 28.3 Å². The minimum absolute atomic E-state index is 0.000775. The van der Waals surface area contributed by atoms with E-state index in [1.807, 2.05) is 69.3 Å². The number of methoxy groups -OCH3 is 1. The van der Waals surface area contributed by atoms with Crippen molar-refractivity contribution in [3.05, 3.63) is 114 Å². The van der Waals surface area contributed by atoms with Crippen molar-refractivity contribution < 1.29 is 38.1 Å². The number of amides is 2. The van der Waals surface area contributed by atoms with Crippen molar-refractivity contribution in [3.8, 4) is 63.5 Å². The van der Waals surface area contributed by atoms with Gasteiger partial charge in [-0.05, 0) is 93.1 Å². The molecule has 0 bridgehead atoms. The highest BCUT2D eigenvalue weighted by molar-refractivity contribution is 6.13. The van der Waals surface area contributed by atoms with Gasteiger partial charge in [-0.15, -0.1) is 0 Å². The Morgan fingerprint density at radius 1 is 0.614 bits per heavy atom. The van der Waals surface area contributed by atoms with Gasteiger partial charge in [0, 0.05) is 38.8 Å². The maximum Gasteiger partial charge on any atom is 0.310 e. The number of ether oxygens (including phenoxy) is 4. The van der Waals surface area contributed by atoms with E-state index < -0.39 is 23.8 Å². The Morgan fingerprint density at radius 3 is 1.50 bits per heavy atom. The molecule has 0 aliphatic heterocycles. The van der Waals surface area contributed by atoms with Crippen LogP contribution in [0.25, 0.3) is 56.5 Å². The fraction of sp³-hybridized carbons (Fsp3) is 0.200. The summed E-state index contributed by atoms with van der Waals surface area (Å²) in [4.78, 5) is 72.4. The van der Waals surface area contributed by atoms with Crippen molar-refractivity contribution in [3.63, 3.8) is 0 Å². The summed E-state index contributed by atoms with van der Waals surface area (Å²) in [7, 11) is 1.51. The lowest BCUT2D eigenvalue weighted by Gasteiger charge is -2.19. The van der Waals surface area contributed by atoms with Crippen LogP contribution in [0.15, 0.2) is 97.1 Å². The topological polar surface area (TPSA) is 269 Å². The molecule has 354 valence electrons. The molecule has 0 unspecified atom stereocenters. The monoisotopic (exact) mass is 942 g/mol. The molecule has 0 atom stereocenters. The summed E-state index contributed by atoms with van der Waals surface area (Å²) < 4.78 is 23.8. The SMILES string of the molecule is CC(=O)OC(C)=O.CCOc1ccc(-c2nc(C#N)c3nc(N(C(C)=O)C(C)=O)n(-c4ccccc4OC)c3n2)cc1.CCOc1ccc(-c2nc(C#N)c3nc(N)n(-c4ccccc4C)c3n2)cc1. The first-order valence-corrected chi connectivity index (χ1v) is 21.5. The number of imide groups is 1. The number of rotatable bonds is 10. The molecule has 2 N–H and O–H groups in total. The number of hydrogen-bond donors (Lipinski definition) is 1. The van der Waals surface area contributed by atoms with Crippen LogP contribution in [0.5, 0.6) is 17.2 Å². The number of esters is 2.